The lowest BCUT2D eigenvalue weighted by molar-refractivity contribution is 0.101. The smallest absolute Gasteiger partial charge is 0.322 e. The van der Waals surface area contributed by atoms with E-state index in [4.69, 9.17) is 4.42 Å². The Morgan fingerprint density at radius 3 is 2.48 bits per heavy atom. The fourth-order valence-corrected chi connectivity index (χ4v) is 2.63. The number of amides is 2. The molecule has 6 heteroatoms. The molecule has 0 saturated heterocycles. The molecular formula is C21H20N2O4. The van der Waals surface area contributed by atoms with Crippen molar-refractivity contribution >= 4 is 17.5 Å². The summed E-state index contributed by atoms with van der Waals surface area (Å²) in [6, 6.07) is 16.7. The van der Waals surface area contributed by atoms with Crippen molar-refractivity contribution in [3.8, 4) is 5.75 Å². The number of carbonyl (C=O) groups is 2. The monoisotopic (exact) mass is 364 g/mol. The highest BCUT2D eigenvalue weighted by atomic mass is 16.3. The number of phenols is 1. The molecule has 0 radical (unpaired) electrons. The Labute approximate surface area is 157 Å². The molecule has 6 nitrogen and oxygen atoms in total. The summed E-state index contributed by atoms with van der Waals surface area (Å²) in [6.07, 6.45) is 1.56. The van der Waals surface area contributed by atoms with Gasteiger partial charge in [0, 0.05) is 17.8 Å². The molecule has 0 aliphatic rings. The molecule has 2 N–H and O–H groups in total. The molecule has 0 atom stereocenters. The van der Waals surface area contributed by atoms with E-state index in [1.807, 2.05) is 0 Å². The lowest BCUT2D eigenvalue weighted by Crippen LogP contribution is -2.34. The molecule has 3 rings (SSSR count). The summed E-state index contributed by atoms with van der Waals surface area (Å²) < 4.78 is 5.37. The van der Waals surface area contributed by atoms with Crippen LogP contribution in [0.15, 0.2) is 71.3 Å². The minimum Gasteiger partial charge on any atom is -0.508 e. The van der Waals surface area contributed by atoms with Gasteiger partial charge in [-0.05, 0) is 48.9 Å². The number of anilines is 1. The topological polar surface area (TPSA) is 82.8 Å². The van der Waals surface area contributed by atoms with Crippen LogP contribution in [0.25, 0.3) is 0 Å². The molecule has 138 valence electrons. The first-order chi connectivity index (χ1) is 13.0. The number of phenolic OH excluding ortho intramolecular Hbond substituents is 1. The molecule has 1 aromatic heterocycles. The summed E-state index contributed by atoms with van der Waals surface area (Å²) in [6.45, 7) is 2.10. The molecule has 0 unspecified atom stereocenters. The molecule has 1 heterocycles. The van der Waals surface area contributed by atoms with Crippen LogP contribution in [0.1, 0.15) is 28.6 Å². The van der Waals surface area contributed by atoms with E-state index in [2.05, 4.69) is 5.32 Å². The third-order valence-corrected chi connectivity index (χ3v) is 4.04. The highest BCUT2D eigenvalue weighted by Crippen LogP contribution is 2.17. The van der Waals surface area contributed by atoms with Crippen LogP contribution in [0.2, 0.25) is 0 Å². The van der Waals surface area contributed by atoms with E-state index in [-0.39, 0.29) is 24.1 Å². The van der Waals surface area contributed by atoms with Gasteiger partial charge in [0.15, 0.2) is 5.78 Å². The van der Waals surface area contributed by atoms with Crippen LogP contribution < -0.4 is 5.32 Å². The normalized spacial score (nSPS) is 10.4. The number of hydrogen-bond donors (Lipinski definition) is 2. The van der Waals surface area contributed by atoms with Crippen LogP contribution in [0.3, 0.4) is 0 Å². The molecule has 27 heavy (non-hydrogen) atoms. The molecule has 0 bridgehead atoms. The standard InChI is InChI=1S/C21H20N2O4/c1-15(24)17-4-2-5-18(12-17)22-21(26)23(14-20-6-3-11-27-20)13-16-7-9-19(25)10-8-16/h2-12,25H,13-14H2,1H3,(H,22,26). The van der Waals surface area contributed by atoms with Crippen molar-refractivity contribution in [3.05, 3.63) is 83.8 Å². The van der Waals surface area contributed by atoms with Crippen molar-refractivity contribution in [1.82, 2.24) is 4.90 Å². The van der Waals surface area contributed by atoms with E-state index in [0.717, 1.165) is 5.56 Å². The quantitative estimate of drug-likeness (QED) is 0.634. The molecule has 0 aliphatic carbocycles. The Hall–Kier alpha value is -3.54. The van der Waals surface area contributed by atoms with Crippen LogP contribution >= 0.6 is 0 Å². The summed E-state index contributed by atoms with van der Waals surface area (Å²) in [5.74, 6) is 0.755. The number of aromatic hydroxyl groups is 1. The van der Waals surface area contributed by atoms with Gasteiger partial charge in [-0.3, -0.25) is 4.79 Å². The third-order valence-electron chi connectivity index (χ3n) is 4.04. The zero-order valence-electron chi connectivity index (χ0n) is 14.9. The van der Waals surface area contributed by atoms with Crippen LogP contribution in [-0.2, 0) is 13.1 Å². The number of carbonyl (C=O) groups excluding carboxylic acids is 2. The number of nitrogens with one attached hydrogen (secondary N) is 1. The fraction of sp³-hybridized carbons (Fsp3) is 0.143. The molecule has 2 aromatic carbocycles. The molecule has 0 spiro atoms. The van der Waals surface area contributed by atoms with E-state index < -0.39 is 0 Å². The predicted octanol–water partition coefficient (Wildman–Crippen LogP) is 4.42. The van der Waals surface area contributed by atoms with Gasteiger partial charge in [0.1, 0.15) is 11.5 Å². The van der Waals surface area contributed by atoms with Gasteiger partial charge in [0.2, 0.25) is 0 Å². The Bertz CT molecular complexity index is 918. The maximum Gasteiger partial charge on any atom is 0.322 e. The van der Waals surface area contributed by atoms with Gasteiger partial charge in [-0.2, -0.15) is 0 Å². The first kappa shape index (κ1) is 18.3. The molecule has 2 amide bonds. The van der Waals surface area contributed by atoms with Crippen LogP contribution in [0.4, 0.5) is 10.5 Å². The summed E-state index contributed by atoms with van der Waals surface area (Å²) >= 11 is 0. The molecule has 0 aliphatic heterocycles. The van der Waals surface area contributed by atoms with Crippen LogP contribution in [0.5, 0.6) is 5.75 Å². The molecule has 0 fully saturated rings. The maximum atomic E-state index is 12.8. The van der Waals surface area contributed by atoms with Crippen molar-refractivity contribution in [1.29, 1.82) is 0 Å². The van der Waals surface area contributed by atoms with Gasteiger partial charge in [-0.15, -0.1) is 0 Å². The number of benzene rings is 2. The van der Waals surface area contributed by atoms with E-state index in [9.17, 15) is 14.7 Å². The number of furan rings is 1. The van der Waals surface area contributed by atoms with Gasteiger partial charge >= 0.3 is 6.03 Å². The maximum absolute atomic E-state index is 12.8. The fourth-order valence-electron chi connectivity index (χ4n) is 2.63. The number of Topliss-reactive ketones (excluding diaryl/α,β-unsaturated/α-hetero) is 1. The first-order valence-corrected chi connectivity index (χ1v) is 8.48. The van der Waals surface area contributed by atoms with E-state index in [0.29, 0.717) is 23.6 Å². The second kappa shape index (κ2) is 8.23. The Balaban J connectivity index is 1.78. The largest absolute Gasteiger partial charge is 0.508 e. The highest BCUT2D eigenvalue weighted by molar-refractivity contribution is 5.96. The van der Waals surface area contributed by atoms with E-state index in [1.165, 1.54) is 6.92 Å². The van der Waals surface area contributed by atoms with E-state index in [1.54, 1.807) is 71.8 Å². The molecular weight excluding hydrogens is 344 g/mol. The minimum atomic E-state index is -0.319. The Kier molecular flexibility index (Phi) is 5.56. The number of rotatable bonds is 6. The summed E-state index contributed by atoms with van der Waals surface area (Å²) in [7, 11) is 0. The zero-order valence-corrected chi connectivity index (χ0v) is 14.9. The molecule has 3 aromatic rings. The van der Waals surface area contributed by atoms with Crippen molar-refractivity contribution in [2.45, 2.75) is 20.0 Å². The second-order valence-electron chi connectivity index (χ2n) is 6.17. The number of hydrogen-bond acceptors (Lipinski definition) is 4. The second-order valence-corrected chi connectivity index (χ2v) is 6.17. The third kappa shape index (κ3) is 4.98. The number of urea groups is 1. The highest BCUT2D eigenvalue weighted by Gasteiger charge is 2.17. The van der Waals surface area contributed by atoms with Crippen molar-refractivity contribution < 1.29 is 19.1 Å². The zero-order chi connectivity index (χ0) is 19.2. The summed E-state index contributed by atoms with van der Waals surface area (Å²) in [5, 5.41) is 12.3. The number of nitrogens with zero attached hydrogens (tertiary/aromatic N) is 1. The average molecular weight is 364 g/mol. The van der Waals surface area contributed by atoms with Gasteiger partial charge in [0.05, 0.1) is 12.8 Å². The lowest BCUT2D eigenvalue weighted by Gasteiger charge is -2.22. The van der Waals surface area contributed by atoms with E-state index >= 15 is 0 Å². The van der Waals surface area contributed by atoms with Crippen LogP contribution in [-0.4, -0.2) is 21.8 Å². The summed E-state index contributed by atoms with van der Waals surface area (Å²) in [4.78, 5) is 26.0. The average Bonchev–Trinajstić information content (AvgIpc) is 3.16. The van der Waals surface area contributed by atoms with Crippen LogP contribution in [0, 0.1) is 0 Å². The van der Waals surface area contributed by atoms with Gasteiger partial charge in [0.25, 0.3) is 0 Å². The predicted molar refractivity (Wildman–Crippen MR) is 102 cm³/mol. The first-order valence-electron chi connectivity index (χ1n) is 8.48. The van der Waals surface area contributed by atoms with Crippen molar-refractivity contribution in [2.24, 2.45) is 0 Å². The Morgan fingerprint density at radius 1 is 1.04 bits per heavy atom. The summed E-state index contributed by atoms with van der Waals surface area (Å²) in [5.41, 5.74) is 1.94. The minimum absolute atomic E-state index is 0.0670. The lowest BCUT2D eigenvalue weighted by atomic mass is 10.1. The van der Waals surface area contributed by atoms with Gasteiger partial charge in [-0.1, -0.05) is 24.3 Å². The SMILES string of the molecule is CC(=O)c1cccc(NC(=O)N(Cc2ccc(O)cc2)Cc2ccco2)c1. The Morgan fingerprint density at radius 2 is 1.81 bits per heavy atom. The molecule has 0 saturated carbocycles. The van der Waals surface area contributed by atoms with Crippen molar-refractivity contribution in [3.63, 3.8) is 0 Å². The number of ketones is 1. The van der Waals surface area contributed by atoms with Crippen molar-refractivity contribution in [2.75, 3.05) is 5.32 Å². The van der Waals surface area contributed by atoms with Gasteiger partial charge in [-0.25, -0.2) is 4.79 Å². The van der Waals surface area contributed by atoms with Gasteiger partial charge < -0.3 is 19.7 Å².